The van der Waals surface area contributed by atoms with Crippen molar-refractivity contribution in [3.05, 3.63) is 0 Å². The smallest absolute Gasteiger partial charge is 0.429 e. The number of rotatable bonds is 4. The Bertz CT molecular complexity index is 464. The molecule has 0 aliphatic carbocycles. The molecule has 0 fully saturated rings. The number of hydrogen-bond donors (Lipinski definition) is 3. The lowest BCUT2D eigenvalue weighted by Crippen LogP contribution is -2.55. The molecule has 0 spiro atoms. The van der Waals surface area contributed by atoms with E-state index in [9.17, 15) is 19.2 Å². The van der Waals surface area contributed by atoms with Crippen molar-refractivity contribution in [2.75, 3.05) is 13.2 Å². The fourth-order valence-corrected chi connectivity index (χ4v) is 1.04. The molecule has 4 N–H and O–H groups in total. The van der Waals surface area contributed by atoms with Gasteiger partial charge in [-0.15, -0.1) is 4.90 Å². The highest BCUT2D eigenvalue weighted by molar-refractivity contribution is 6.07. The Morgan fingerprint density at radius 1 is 1.35 bits per heavy atom. The average Bonchev–Trinajstić information content (AvgIpc) is 2.43. The van der Waals surface area contributed by atoms with E-state index in [0.29, 0.717) is 0 Å². The van der Waals surface area contributed by atoms with Crippen molar-refractivity contribution in [2.24, 2.45) is 5.73 Å². The number of carbonyl (C=O) groups is 4. The molecule has 0 aliphatic heterocycles. The minimum absolute atomic E-state index is 0.301. The molecule has 110 valence electrons. The highest BCUT2D eigenvalue weighted by atomic mass is 17.1. The van der Waals surface area contributed by atoms with Crippen LogP contribution in [0.1, 0.15) is 6.92 Å². The molecule has 0 saturated carbocycles. The Morgan fingerprint density at radius 2 is 1.90 bits per heavy atom. The first kappa shape index (κ1) is 17.4. The molecule has 0 aliphatic rings. The maximum atomic E-state index is 11.6. The molecule has 11 nitrogen and oxygen atoms in total. The second kappa shape index (κ2) is 7.14. The number of hydrogen-bond acceptors (Lipinski definition) is 10. The lowest BCUT2D eigenvalue weighted by molar-refractivity contribution is -0.188. The van der Waals surface area contributed by atoms with Crippen LogP contribution in [0.4, 0.5) is 9.59 Å². The van der Waals surface area contributed by atoms with Crippen LogP contribution in [-0.2, 0) is 19.2 Å². The van der Waals surface area contributed by atoms with Crippen LogP contribution in [0.25, 0.3) is 0 Å². The van der Waals surface area contributed by atoms with Crippen molar-refractivity contribution in [3.63, 3.8) is 0 Å². The molecule has 3 amide bonds. The first-order valence-corrected chi connectivity index (χ1v) is 4.94. The summed E-state index contributed by atoms with van der Waals surface area (Å²) in [6.07, 6.45) is -3.55. The summed E-state index contributed by atoms with van der Waals surface area (Å²) < 4.78 is 4.44. The van der Waals surface area contributed by atoms with Crippen LogP contribution in [0, 0.1) is 11.3 Å². The van der Waals surface area contributed by atoms with Crippen molar-refractivity contribution in [2.45, 2.75) is 12.5 Å². The van der Waals surface area contributed by atoms with E-state index in [1.165, 1.54) is 0 Å². The molecule has 1 atom stereocenters. The quantitative estimate of drug-likeness (QED) is 0.308. The van der Waals surface area contributed by atoms with Crippen LogP contribution < -0.4 is 5.73 Å². The molecule has 0 aromatic rings. The minimum Gasteiger partial charge on any atom is -0.429 e. The van der Waals surface area contributed by atoms with Gasteiger partial charge in [0.05, 0.1) is 6.61 Å². The van der Waals surface area contributed by atoms with Gasteiger partial charge in [-0.3, -0.25) is 14.5 Å². The number of aliphatic hydroxyl groups is 1. The van der Waals surface area contributed by atoms with Crippen LogP contribution in [-0.4, -0.2) is 57.9 Å². The number of ether oxygens (including phenoxy) is 1. The third kappa shape index (κ3) is 3.48. The molecule has 0 aromatic heterocycles. The highest BCUT2D eigenvalue weighted by Gasteiger charge is 2.44. The topological polar surface area (TPSA) is 180 Å². The van der Waals surface area contributed by atoms with Gasteiger partial charge < -0.3 is 15.6 Å². The zero-order chi connectivity index (χ0) is 15.9. The van der Waals surface area contributed by atoms with E-state index in [2.05, 4.69) is 9.62 Å². The van der Waals surface area contributed by atoms with Crippen LogP contribution in [0.5, 0.6) is 0 Å². The van der Waals surface area contributed by atoms with Gasteiger partial charge in [0.15, 0.2) is 0 Å². The molecule has 0 rings (SSSR count). The lowest BCUT2D eigenvalue weighted by Gasteiger charge is -2.27. The Hall–Kier alpha value is -2.55. The van der Waals surface area contributed by atoms with Crippen molar-refractivity contribution in [1.29, 1.82) is 5.26 Å². The van der Waals surface area contributed by atoms with Crippen LogP contribution in [0.2, 0.25) is 0 Å². The zero-order valence-electron chi connectivity index (χ0n) is 10.2. The summed E-state index contributed by atoms with van der Waals surface area (Å²) in [5, 5.41) is 25.7. The van der Waals surface area contributed by atoms with Gasteiger partial charge in [-0.2, -0.15) is 10.5 Å². The fourth-order valence-electron chi connectivity index (χ4n) is 1.04. The maximum absolute atomic E-state index is 11.6. The van der Waals surface area contributed by atoms with Gasteiger partial charge in [0.25, 0.3) is 5.78 Å². The monoisotopic (exact) mass is 289 g/mol. The maximum Gasteiger partial charge on any atom is 0.457 e. The summed E-state index contributed by atoms with van der Waals surface area (Å²) >= 11 is 0. The minimum atomic E-state index is -2.44. The Kier molecular flexibility index (Phi) is 6.23. The molecule has 0 heterocycles. The number of imide groups is 3. The molecular formula is C9H11N3O8. The average molecular weight is 289 g/mol. The molecule has 20 heavy (non-hydrogen) atoms. The number of nitrogens with two attached hydrogens (primary N) is 1. The lowest BCUT2D eigenvalue weighted by atomic mass is 10.0. The largest absolute Gasteiger partial charge is 0.457 e. The standard InChI is InChI=1S/C9H11N3O8/c1-5(14)12(8(17)20-18)7(16)19-9(3-11,4-13)6(15)2-10/h13,18H,3-4,11H2,1H3. The Morgan fingerprint density at radius 3 is 2.20 bits per heavy atom. The van der Waals surface area contributed by atoms with E-state index in [1.807, 2.05) is 0 Å². The summed E-state index contributed by atoms with van der Waals surface area (Å²) in [4.78, 5) is 47.8. The van der Waals surface area contributed by atoms with E-state index >= 15 is 0 Å². The Balaban J connectivity index is 5.39. The van der Waals surface area contributed by atoms with Crippen molar-refractivity contribution < 1.29 is 39.2 Å². The number of amides is 3. The van der Waals surface area contributed by atoms with Gasteiger partial charge in [0, 0.05) is 13.5 Å². The normalized spacial score (nSPS) is 12.6. The van der Waals surface area contributed by atoms with Gasteiger partial charge in [-0.1, -0.05) is 0 Å². The molecule has 0 saturated heterocycles. The predicted molar refractivity (Wildman–Crippen MR) is 57.6 cm³/mol. The van der Waals surface area contributed by atoms with E-state index in [0.717, 1.165) is 13.0 Å². The number of aliphatic hydroxyl groups excluding tert-OH is 1. The van der Waals surface area contributed by atoms with Gasteiger partial charge in [-0.25, -0.2) is 9.59 Å². The predicted octanol–water partition coefficient (Wildman–Crippen LogP) is -1.64. The number of ketones is 1. The summed E-state index contributed by atoms with van der Waals surface area (Å²) in [7, 11) is 0. The van der Waals surface area contributed by atoms with E-state index in [-0.39, 0.29) is 4.90 Å². The third-order valence-electron chi connectivity index (χ3n) is 2.14. The van der Waals surface area contributed by atoms with Gasteiger partial charge >= 0.3 is 12.2 Å². The van der Waals surface area contributed by atoms with E-state index in [4.69, 9.17) is 21.4 Å². The first-order valence-electron chi connectivity index (χ1n) is 4.94. The van der Waals surface area contributed by atoms with Crippen molar-refractivity contribution in [3.8, 4) is 6.07 Å². The molecule has 0 radical (unpaired) electrons. The molecule has 0 aromatic carbocycles. The number of Topliss-reactive ketones (excluding diaryl/α,β-unsaturated/α-hetero) is 1. The summed E-state index contributed by atoms with van der Waals surface area (Å²) in [5.74, 6) is -2.60. The van der Waals surface area contributed by atoms with Crippen LogP contribution in [0.15, 0.2) is 0 Å². The number of nitrogens with zero attached hydrogens (tertiary/aromatic N) is 2. The zero-order valence-corrected chi connectivity index (χ0v) is 10.2. The number of nitriles is 1. The van der Waals surface area contributed by atoms with E-state index in [1.54, 1.807) is 0 Å². The molecule has 0 bridgehead atoms. The van der Waals surface area contributed by atoms with Crippen LogP contribution >= 0.6 is 0 Å². The second-order valence-electron chi connectivity index (χ2n) is 3.38. The van der Waals surface area contributed by atoms with Gasteiger partial charge in [-0.05, 0) is 0 Å². The Labute approximate surface area is 112 Å². The van der Waals surface area contributed by atoms with Gasteiger partial charge in [0.2, 0.25) is 11.5 Å². The summed E-state index contributed by atoms with van der Waals surface area (Å²) in [6.45, 7) is -1.17. The summed E-state index contributed by atoms with van der Waals surface area (Å²) in [5.41, 5.74) is 2.71. The molecule has 1 unspecified atom stereocenters. The summed E-state index contributed by atoms with van der Waals surface area (Å²) in [6, 6.07) is 1.10. The van der Waals surface area contributed by atoms with Crippen LogP contribution in [0.3, 0.4) is 0 Å². The number of carbonyl (C=O) groups excluding carboxylic acids is 4. The fraction of sp³-hybridized carbons (Fsp3) is 0.444. The van der Waals surface area contributed by atoms with Crippen molar-refractivity contribution >= 4 is 23.9 Å². The van der Waals surface area contributed by atoms with Gasteiger partial charge in [0.1, 0.15) is 6.07 Å². The van der Waals surface area contributed by atoms with E-state index < -0.39 is 42.6 Å². The molecule has 11 heteroatoms. The van der Waals surface area contributed by atoms with Crippen molar-refractivity contribution in [1.82, 2.24) is 4.90 Å². The third-order valence-corrected chi connectivity index (χ3v) is 2.14. The highest BCUT2D eigenvalue weighted by Crippen LogP contribution is 2.13. The first-order chi connectivity index (χ1) is 9.29. The molecular weight excluding hydrogens is 278 g/mol. The SMILES string of the molecule is CC(=O)N(C(=O)OO)C(=O)OC(CN)(CO)C(=O)C#N. The second-order valence-corrected chi connectivity index (χ2v) is 3.38.